The van der Waals surface area contributed by atoms with E-state index < -0.39 is 8.24 Å². The summed E-state index contributed by atoms with van der Waals surface area (Å²) in [5.74, 6) is 0. The summed E-state index contributed by atoms with van der Waals surface area (Å²) in [6.45, 7) is 11.1. The summed E-state index contributed by atoms with van der Waals surface area (Å²) in [6.07, 6.45) is 7.00. The summed E-state index contributed by atoms with van der Waals surface area (Å²) >= 11 is 0. The third-order valence-electron chi connectivity index (χ3n) is 3.58. The largest absolute Gasteiger partial charge is 0.312 e. The maximum Gasteiger partial charge on any atom is 0.123 e. The number of nitrogens with one attached hydrogen (secondary N) is 1. The number of hydrogen-bond donors (Lipinski definition) is 1. The van der Waals surface area contributed by atoms with Gasteiger partial charge in [-0.15, -0.1) is 0 Å². The van der Waals surface area contributed by atoms with Crippen molar-refractivity contribution in [1.29, 1.82) is 0 Å². The van der Waals surface area contributed by atoms with Crippen molar-refractivity contribution < 1.29 is 0 Å². The molecule has 1 N–H and O–H groups in total. The van der Waals surface area contributed by atoms with Crippen LogP contribution in [-0.4, -0.2) is 32.6 Å². The van der Waals surface area contributed by atoms with Crippen LogP contribution in [0.5, 0.6) is 0 Å². The van der Waals surface area contributed by atoms with Crippen LogP contribution in [-0.2, 0) is 0 Å². The van der Waals surface area contributed by atoms with Gasteiger partial charge in [-0.3, -0.25) is 0 Å². The molecule has 0 bridgehead atoms. The van der Waals surface area contributed by atoms with Crippen LogP contribution in [0.1, 0.15) is 39.0 Å². The van der Waals surface area contributed by atoms with Gasteiger partial charge < -0.3 is 9.88 Å². The molecule has 0 aromatic carbocycles. The molecule has 90 valence electrons. The van der Waals surface area contributed by atoms with Crippen LogP contribution in [0.25, 0.3) is 0 Å². The topological polar surface area (TPSA) is 15.3 Å². The minimum absolute atomic E-state index is 1.08. The molecular formula is C12H28N2Si. The van der Waals surface area contributed by atoms with Crippen molar-refractivity contribution in [3.8, 4) is 0 Å². The van der Waals surface area contributed by atoms with Gasteiger partial charge in [0, 0.05) is 6.67 Å². The van der Waals surface area contributed by atoms with Crippen molar-refractivity contribution >= 4 is 8.24 Å². The highest BCUT2D eigenvalue weighted by atomic mass is 28.3. The van der Waals surface area contributed by atoms with Gasteiger partial charge in [0.05, 0.1) is 0 Å². The normalized spacial score (nSPS) is 19.4. The molecule has 1 rings (SSSR count). The van der Waals surface area contributed by atoms with Gasteiger partial charge in [-0.2, -0.15) is 0 Å². The van der Waals surface area contributed by atoms with Gasteiger partial charge in [0.2, 0.25) is 0 Å². The second-order valence-corrected chi connectivity index (χ2v) is 10.2. The minimum atomic E-state index is -1.08. The predicted molar refractivity (Wildman–Crippen MR) is 70.6 cm³/mol. The van der Waals surface area contributed by atoms with E-state index in [0.717, 1.165) is 6.67 Å². The second kappa shape index (κ2) is 6.66. The van der Waals surface area contributed by atoms with Crippen LogP contribution in [0.2, 0.25) is 19.1 Å². The van der Waals surface area contributed by atoms with Gasteiger partial charge in [0.15, 0.2) is 0 Å². The molecule has 2 nitrogen and oxygen atoms in total. The number of unbranched alkanes of at least 4 members (excludes halogenated alkanes) is 3. The first-order chi connectivity index (χ1) is 7.17. The first kappa shape index (κ1) is 13.2. The molecule has 0 unspecified atom stereocenters. The van der Waals surface area contributed by atoms with E-state index in [2.05, 4.69) is 29.9 Å². The standard InChI is InChI=1S/C12H28N2Si/c1-4-5-6-7-11-15(2,3)14-10-8-9-13-12-14/h13H,4-12H2,1-3H3. The lowest BCUT2D eigenvalue weighted by Gasteiger charge is -2.40. The Morgan fingerprint density at radius 3 is 2.60 bits per heavy atom. The Morgan fingerprint density at radius 2 is 2.00 bits per heavy atom. The highest BCUT2D eigenvalue weighted by molar-refractivity contribution is 6.74. The molecule has 1 aliphatic rings. The summed E-state index contributed by atoms with van der Waals surface area (Å²) < 4.78 is 2.74. The zero-order chi connectivity index (χ0) is 11.1. The van der Waals surface area contributed by atoms with E-state index in [0.29, 0.717) is 0 Å². The monoisotopic (exact) mass is 228 g/mol. The van der Waals surface area contributed by atoms with Crippen molar-refractivity contribution in [2.24, 2.45) is 0 Å². The smallest absolute Gasteiger partial charge is 0.123 e. The van der Waals surface area contributed by atoms with E-state index >= 15 is 0 Å². The van der Waals surface area contributed by atoms with Gasteiger partial charge in [-0.05, 0) is 25.6 Å². The van der Waals surface area contributed by atoms with Crippen LogP contribution in [0.3, 0.4) is 0 Å². The molecule has 0 aromatic rings. The van der Waals surface area contributed by atoms with Gasteiger partial charge in [-0.25, -0.2) is 0 Å². The van der Waals surface area contributed by atoms with Gasteiger partial charge in [0.1, 0.15) is 8.24 Å². The zero-order valence-corrected chi connectivity index (χ0v) is 11.8. The fourth-order valence-electron chi connectivity index (χ4n) is 2.35. The average Bonchev–Trinajstić information content (AvgIpc) is 2.26. The van der Waals surface area contributed by atoms with Gasteiger partial charge in [-0.1, -0.05) is 45.7 Å². The fourth-order valence-corrected chi connectivity index (χ4v) is 5.08. The number of nitrogens with zero attached hydrogens (tertiary/aromatic N) is 1. The molecular weight excluding hydrogens is 200 g/mol. The molecule has 0 atom stereocenters. The molecule has 0 amide bonds. The summed E-state index contributed by atoms with van der Waals surface area (Å²) in [5, 5.41) is 3.50. The summed E-state index contributed by atoms with van der Waals surface area (Å²) in [6, 6.07) is 1.48. The first-order valence-electron chi connectivity index (χ1n) is 6.62. The average molecular weight is 228 g/mol. The Labute approximate surface area is 96.5 Å². The van der Waals surface area contributed by atoms with Gasteiger partial charge >= 0.3 is 0 Å². The Balaban J connectivity index is 2.23. The Bertz CT molecular complexity index is 165. The summed E-state index contributed by atoms with van der Waals surface area (Å²) in [7, 11) is -1.08. The first-order valence-corrected chi connectivity index (χ1v) is 9.78. The molecule has 1 fully saturated rings. The lowest BCUT2D eigenvalue weighted by Crippen LogP contribution is -2.55. The molecule has 1 heterocycles. The van der Waals surface area contributed by atoms with E-state index in [9.17, 15) is 0 Å². The van der Waals surface area contributed by atoms with E-state index in [4.69, 9.17) is 0 Å². The summed E-state index contributed by atoms with van der Waals surface area (Å²) in [5.41, 5.74) is 0. The van der Waals surface area contributed by atoms with E-state index in [1.807, 2.05) is 0 Å². The van der Waals surface area contributed by atoms with Crippen molar-refractivity contribution in [2.45, 2.75) is 58.2 Å². The van der Waals surface area contributed by atoms with Crippen LogP contribution in [0.4, 0.5) is 0 Å². The molecule has 0 aliphatic carbocycles. The van der Waals surface area contributed by atoms with Crippen molar-refractivity contribution in [3.05, 3.63) is 0 Å². The summed E-state index contributed by atoms with van der Waals surface area (Å²) in [4.78, 5) is 0. The second-order valence-electron chi connectivity index (χ2n) is 5.40. The van der Waals surface area contributed by atoms with E-state index in [1.54, 1.807) is 0 Å². The van der Waals surface area contributed by atoms with E-state index in [-0.39, 0.29) is 0 Å². The molecule has 3 heteroatoms. The lowest BCUT2D eigenvalue weighted by atomic mass is 10.2. The highest BCUT2D eigenvalue weighted by Gasteiger charge is 2.29. The third kappa shape index (κ3) is 4.66. The Hall–Kier alpha value is 0.137. The SMILES string of the molecule is CCCCCC[Si](C)(C)N1CCCNC1. The molecule has 1 saturated heterocycles. The molecule has 1 aliphatic heterocycles. The molecule has 0 saturated carbocycles. The molecule has 0 aromatic heterocycles. The highest BCUT2D eigenvalue weighted by Crippen LogP contribution is 2.20. The predicted octanol–water partition coefficient (Wildman–Crippen LogP) is 3.02. The molecule has 0 radical (unpaired) electrons. The van der Waals surface area contributed by atoms with Crippen LogP contribution < -0.4 is 5.32 Å². The molecule has 0 spiro atoms. The Kier molecular flexibility index (Phi) is 5.86. The van der Waals surface area contributed by atoms with Crippen LogP contribution >= 0.6 is 0 Å². The minimum Gasteiger partial charge on any atom is -0.312 e. The van der Waals surface area contributed by atoms with Crippen LogP contribution in [0.15, 0.2) is 0 Å². The maximum absolute atomic E-state index is 3.50. The fraction of sp³-hybridized carbons (Fsp3) is 1.00. The van der Waals surface area contributed by atoms with Crippen LogP contribution in [0, 0.1) is 0 Å². The Morgan fingerprint density at radius 1 is 1.20 bits per heavy atom. The lowest BCUT2D eigenvalue weighted by molar-refractivity contribution is 0.324. The zero-order valence-electron chi connectivity index (χ0n) is 10.8. The third-order valence-corrected chi connectivity index (χ3v) is 7.25. The maximum atomic E-state index is 3.50. The number of rotatable bonds is 6. The van der Waals surface area contributed by atoms with E-state index in [1.165, 1.54) is 51.2 Å². The number of hydrogen-bond acceptors (Lipinski definition) is 2. The molecule has 15 heavy (non-hydrogen) atoms. The van der Waals surface area contributed by atoms with Crippen molar-refractivity contribution in [1.82, 2.24) is 9.88 Å². The van der Waals surface area contributed by atoms with Crippen molar-refractivity contribution in [2.75, 3.05) is 19.8 Å². The van der Waals surface area contributed by atoms with Gasteiger partial charge in [0.25, 0.3) is 0 Å². The van der Waals surface area contributed by atoms with Crippen molar-refractivity contribution in [3.63, 3.8) is 0 Å². The quantitative estimate of drug-likeness (QED) is 0.555.